The molecule has 150 valence electrons. The molecule has 0 amide bonds. The van der Waals surface area contributed by atoms with Crippen molar-refractivity contribution in [3.8, 4) is 0 Å². The quantitative estimate of drug-likeness (QED) is 0.401. The minimum atomic E-state index is -3.41. The summed E-state index contributed by atoms with van der Waals surface area (Å²) in [5.74, 6) is 1.15. The molecule has 3 rings (SSSR count). The summed E-state index contributed by atoms with van der Waals surface area (Å²) in [7, 11) is 0. The predicted octanol–water partition coefficient (Wildman–Crippen LogP) is 7.82. The zero-order valence-electron chi connectivity index (χ0n) is 20.5. The summed E-state index contributed by atoms with van der Waals surface area (Å²) in [6.07, 6.45) is 8.42. The normalized spacial score (nSPS) is 51.1. The maximum absolute atomic E-state index is 14.4. The zero-order valence-corrected chi connectivity index (χ0v) is 16.5. The molecule has 0 heterocycles. The summed E-state index contributed by atoms with van der Waals surface area (Å²) in [5, 5.41) is 0. The van der Waals surface area contributed by atoms with Crippen molar-refractivity contribution in [1.82, 2.24) is 0 Å². The van der Waals surface area contributed by atoms with Crippen molar-refractivity contribution in [3.63, 3.8) is 0 Å². The van der Waals surface area contributed by atoms with Crippen LogP contribution in [0, 0.1) is 29.6 Å². The van der Waals surface area contributed by atoms with Crippen LogP contribution in [0.25, 0.3) is 0 Å². The number of allylic oxidation sites excluding steroid dienone is 2. The van der Waals surface area contributed by atoms with Crippen LogP contribution in [0.3, 0.4) is 0 Å². The third kappa shape index (κ3) is 5.80. The summed E-state index contributed by atoms with van der Waals surface area (Å²) in [4.78, 5) is 0. The van der Waals surface area contributed by atoms with Gasteiger partial charge in [0.2, 0.25) is 0 Å². The van der Waals surface area contributed by atoms with E-state index in [2.05, 4.69) is 6.92 Å². The highest BCUT2D eigenvalue weighted by molar-refractivity contribution is 5.02. The predicted molar refractivity (Wildman–Crippen MR) is 107 cm³/mol. The Morgan fingerprint density at radius 3 is 2.00 bits per heavy atom. The first-order valence-electron chi connectivity index (χ1n) is 13.1. The van der Waals surface area contributed by atoms with Gasteiger partial charge in [0.1, 0.15) is 12.3 Å². The second kappa shape index (κ2) is 10.2. The minimum Gasteiger partial charge on any atom is -0.244 e. The first-order valence-corrected chi connectivity index (χ1v) is 11.1. The van der Waals surface area contributed by atoms with Gasteiger partial charge in [-0.1, -0.05) is 64.0 Å². The molecule has 0 radical (unpaired) electrons. The maximum Gasteiger partial charge on any atom is 0.149 e. The first-order chi connectivity index (χ1) is 14.1. The number of hydrogen-bond donors (Lipinski definition) is 0. The molecule has 0 nitrogen and oxygen atoms in total. The summed E-state index contributed by atoms with van der Waals surface area (Å²) in [5.41, 5.74) is 0. The molecular weight excluding hydrogens is 326 g/mol. The molecule has 3 aliphatic carbocycles. The minimum absolute atomic E-state index is 0.144. The lowest BCUT2D eigenvalue weighted by molar-refractivity contribution is 0.134. The van der Waals surface area contributed by atoms with Gasteiger partial charge in [-0.2, -0.15) is 0 Å². The van der Waals surface area contributed by atoms with Crippen LogP contribution in [0.2, 0.25) is 0 Å². The Balaban J connectivity index is 1.45. The standard InChI is InChI=1S/C24H40F2/c1-2-3-4-18-7-12-21(13-8-18)22-14-9-19(10-15-22)5-6-20-11-16-23(25)24(26)17-20/h11,16,18-24H,2-10,12-15,17H2,1H3/i17D2,20D,24D. The Kier molecular flexibility index (Phi) is 6.10. The monoisotopic (exact) mass is 370 g/mol. The highest BCUT2D eigenvalue weighted by Crippen LogP contribution is 2.43. The molecule has 0 aromatic carbocycles. The van der Waals surface area contributed by atoms with E-state index in [1.807, 2.05) is 0 Å². The first kappa shape index (κ1) is 15.5. The Labute approximate surface area is 165 Å². The second-order valence-electron chi connectivity index (χ2n) is 9.00. The fourth-order valence-electron chi connectivity index (χ4n) is 5.44. The molecule has 2 heteroatoms. The SMILES string of the molecule is [2H]C1(CCC2CCC(C3CCC(CCCC)CC3)CC2)C=CC(F)C([2H])(F)C1([2H])[2H]. The van der Waals surface area contributed by atoms with Crippen LogP contribution < -0.4 is 0 Å². The lowest BCUT2D eigenvalue weighted by atomic mass is 9.68. The van der Waals surface area contributed by atoms with Crippen molar-refractivity contribution in [2.45, 2.75) is 109 Å². The van der Waals surface area contributed by atoms with Gasteiger partial charge < -0.3 is 0 Å². The van der Waals surface area contributed by atoms with Gasteiger partial charge in [-0.05, 0) is 74.5 Å². The zero-order chi connectivity index (χ0) is 22.0. The van der Waals surface area contributed by atoms with Gasteiger partial charge >= 0.3 is 0 Å². The molecule has 0 saturated heterocycles. The lowest BCUT2D eigenvalue weighted by Gasteiger charge is -2.38. The third-order valence-electron chi connectivity index (χ3n) is 7.23. The molecular formula is C24H40F2. The molecule has 3 atom stereocenters. The summed E-state index contributed by atoms with van der Waals surface area (Å²) in [6.45, 7) is 2.27. The van der Waals surface area contributed by atoms with Crippen LogP contribution >= 0.6 is 0 Å². The van der Waals surface area contributed by atoms with Crippen molar-refractivity contribution < 1.29 is 14.3 Å². The van der Waals surface area contributed by atoms with E-state index in [4.69, 9.17) is 5.48 Å². The van der Waals surface area contributed by atoms with E-state index in [0.29, 0.717) is 12.3 Å². The van der Waals surface area contributed by atoms with Crippen molar-refractivity contribution >= 4 is 0 Å². The smallest absolute Gasteiger partial charge is 0.149 e. The van der Waals surface area contributed by atoms with E-state index in [-0.39, 0.29) is 6.42 Å². The number of hydrogen-bond acceptors (Lipinski definition) is 0. The fraction of sp³-hybridized carbons (Fsp3) is 0.917. The number of rotatable bonds is 7. The van der Waals surface area contributed by atoms with E-state index in [1.165, 1.54) is 57.8 Å². The molecule has 3 unspecified atom stereocenters. The average Bonchev–Trinajstić information content (AvgIpc) is 2.74. The van der Waals surface area contributed by atoms with E-state index >= 15 is 0 Å². The van der Waals surface area contributed by atoms with E-state index < -0.39 is 24.6 Å². The summed E-state index contributed by atoms with van der Waals surface area (Å²) >= 11 is 0. The average molecular weight is 371 g/mol. The third-order valence-corrected chi connectivity index (χ3v) is 7.23. The van der Waals surface area contributed by atoms with Crippen LogP contribution in [0.15, 0.2) is 12.2 Å². The topological polar surface area (TPSA) is 0 Å². The van der Waals surface area contributed by atoms with E-state index in [0.717, 1.165) is 42.7 Å². The van der Waals surface area contributed by atoms with Crippen molar-refractivity contribution in [2.24, 2.45) is 29.6 Å². The van der Waals surface area contributed by atoms with Gasteiger partial charge in [-0.15, -0.1) is 0 Å². The molecule has 3 aliphatic rings. The molecule has 0 bridgehead atoms. The van der Waals surface area contributed by atoms with Crippen molar-refractivity contribution in [3.05, 3.63) is 12.2 Å². The van der Waals surface area contributed by atoms with Gasteiger partial charge in [0.05, 0.1) is 1.37 Å². The Hall–Kier alpha value is -0.400. The molecule has 0 spiro atoms. The van der Waals surface area contributed by atoms with Crippen LogP contribution in [0.4, 0.5) is 8.78 Å². The highest BCUT2D eigenvalue weighted by atomic mass is 19.2. The summed E-state index contributed by atoms with van der Waals surface area (Å²) < 4.78 is 60.1. The Morgan fingerprint density at radius 2 is 1.42 bits per heavy atom. The number of halogens is 2. The van der Waals surface area contributed by atoms with Crippen LogP contribution in [0.5, 0.6) is 0 Å². The molecule has 0 N–H and O–H groups in total. The Morgan fingerprint density at radius 1 is 0.846 bits per heavy atom. The highest BCUT2D eigenvalue weighted by Gasteiger charge is 2.31. The molecule has 26 heavy (non-hydrogen) atoms. The van der Waals surface area contributed by atoms with E-state index in [1.54, 1.807) is 0 Å². The van der Waals surface area contributed by atoms with Gasteiger partial charge in [0.15, 0.2) is 0 Å². The lowest BCUT2D eigenvalue weighted by Crippen LogP contribution is -2.26. The molecule has 0 aromatic rings. The molecule has 2 fully saturated rings. The van der Waals surface area contributed by atoms with Gasteiger partial charge in [0, 0.05) is 4.11 Å². The number of unbranched alkanes of at least 4 members (excludes halogenated alkanes) is 1. The van der Waals surface area contributed by atoms with Crippen LogP contribution in [-0.2, 0) is 0 Å². The van der Waals surface area contributed by atoms with E-state index in [9.17, 15) is 8.78 Å². The molecule has 2 saturated carbocycles. The van der Waals surface area contributed by atoms with Gasteiger partial charge in [-0.25, -0.2) is 8.78 Å². The second-order valence-corrected chi connectivity index (χ2v) is 9.00. The largest absolute Gasteiger partial charge is 0.244 e. The van der Waals surface area contributed by atoms with Crippen molar-refractivity contribution in [2.75, 3.05) is 0 Å². The summed E-state index contributed by atoms with van der Waals surface area (Å²) in [6, 6.07) is 0. The fourth-order valence-corrected chi connectivity index (χ4v) is 5.44. The molecule has 0 aromatic heterocycles. The van der Waals surface area contributed by atoms with Crippen LogP contribution in [0.1, 0.15) is 102 Å². The number of alkyl halides is 2. The Bertz CT molecular complexity index is 578. The molecule has 0 aliphatic heterocycles. The van der Waals surface area contributed by atoms with Crippen LogP contribution in [-0.4, -0.2) is 12.3 Å². The van der Waals surface area contributed by atoms with Gasteiger partial charge in [-0.3, -0.25) is 0 Å². The van der Waals surface area contributed by atoms with Gasteiger partial charge in [0.25, 0.3) is 0 Å². The maximum atomic E-state index is 14.4. The van der Waals surface area contributed by atoms with Crippen molar-refractivity contribution in [1.29, 1.82) is 0 Å².